The summed E-state index contributed by atoms with van der Waals surface area (Å²) in [5.74, 6) is -0.584. The first-order valence-corrected chi connectivity index (χ1v) is 15.3. The molecule has 3 N–H and O–H groups in total. The van der Waals surface area contributed by atoms with Gasteiger partial charge < -0.3 is 9.88 Å². The number of halogens is 3. The van der Waals surface area contributed by atoms with Crippen molar-refractivity contribution in [2.45, 2.75) is 89.4 Å². The second-order valence-corrected chi connectivity index (χ2v) is 13.4. The predicted octanol–water partition coefficient (Wildman–Crippen LogP) is 4.79. The molecular weight excluding hydrogens is 575 g/mol. The van der Waals surface area contributed by atoms with Gasteiger partial charge in [0.1, 0.15) is 0 Å². The van der Waals surface area contributed by atoms with Gasteiger partial charge in [0.25, 0.3) is 5.91 Å². The van der Waals surface area contributed by atoms with Crippen LogP contribution in [-0.4, -0.2) is 41.1 Å². The Morgan fingerprint density at radius 3 is 2.43 bits per heavy atom. The Hall–Kier alpha value is -3.39. The summed E-state index contributed by atoms with van der Waals surface area (Å²) in [5, 5.41) is 6.32. The Kier molecular flexibility index (Phi) is 9.07. The van der Waals surface area contributed by atoms with Crippen LogP contribution in [0.25, 0.3) is 11.3 Å². The SMILES string of the molecule is Cc1c(C(=O)NCCc2noc(=O)[nH]2)cc(-c2ccc(S(=O)(=O)NC(C)(C)C)c(C(F)(F)F)c2)n1CC1CCCCC1. The molecule has 2 aromatic heterocycles. The first-order valence-electron chi connectivity index (χ1n) is 13.8. The average molecular weight is 612 g/mol. The predicted molar refractivity (Wildman–Crippen MR) is 149 cm³/mol. The minimum atomic E-state index is -4.95. The summed E-state index contributed by atoms with van der Waals surface area (Å²) in [6.45, 7) is 7.03. The van der Waals surface area contributed by atoms with Crippen LogP contribution in [0.2, 0.25) is 0 Å². The number of nitrogens with one attached hydrogen (secondary N) is 3. The fraction of sp³-hybridized carbons (Fsp3) is 0.536. The summed E-state index contributed by atoms with van der Waals surface area (Å²) in [6, 6.07) is 4.70. The summed E-state index contributed by atoms with van der Waals surface area (Å²) >= 11 is 0. The average Bonchev–Trinajstić information content (AvgIpc) is 3.45. The minimum absolute atomic E-state index is 0.134. The molecule has 10 nitrogen and oxygen atoms in total. The molecule has 1 amide bonds. The second kappa shape index (κ2) is 12.1. The quantitative estimate of drug-likeness (QED) is 0.318. The van der Waals surface area contributed by atoms with Gasteiger partial charge in [-0.05, 0) is 70.2 Å². The van der Waals surface area contributed by atoms with Crippen LogP contribution >= 0.6 is 0 Å². The van der Waals surface area contributed by atoms with Gasteiger partial charge in [-0.3, -0.25) is 14.3 Å². The maximum atomic E-state index is 14.3. The summed E-state index contributed by atoms with van der Waals surface area (Å²) in [6.07, 6.45) is 0.449. The van der Waals surface area contributed by atoms with Crippen molar-refractivity contribution in [2.24, 2.45) is 5.92 Å². The molecule has 2 heterocycles. The Morgan fingerprint density at radius 1 is 1.14 bits per heavy atom. The van der Waals surface area contributed by atoms with Gasteiger partial charge in [0.05, 0.1) is 16.0 Å². The standard InChI is InChI=1S/C28H36F3N5O5S/c1-17-20(25(37)32-13-12-24-33-26(38)41-34-24)15-22(36(17)16-18-8-6-5-7-9-18)19-10-11-23(21(14-19)28(29,30)31)42(39,40)35-27(2,3)4/h10-11,14-15,18,35H,5-9,12-13,16H2,1-4H3,(H,32,37)(H,33,34,38). The van der Waals surface area contributed by atoms with Gasteiger partial charge in [-0.25, -0.2) is 17.9 Å². The van der Waals surface area contributed by atoms with Crippen molar-refractivity contribution >= 4 is 15.9 Å². The monoisotopic (exact) mass is 611 g/mol. The molecule has 4 rings (SSSR count). The van der Waals surface area contributed by atoms with Crippen molar-refractivity contribution in [1.29, 1.82) is 0 Å². The van der Waals surface area contributed by atoms with Crippen molar-refractivity contribution in [1.82, 2.24) is 24.7 Å². The number of benzene rings is 1. The first kappa shape index (κ1) is 31.5. The number of amides is 1. The Labute approximate surface area is 242 Å². The minimum Gasteiger partial charge on any atom is -0.352 e. The van der Waals surface area contributed by atoms with Crippen molar-refractivity contribution < 1.29 is 30.9 Å². The van der Waals surface area contributed by atoms with Crippen molar-refractivity contribution in [2.75, 3.05) is 6.54 Å². The van der Waals surface area contributed by atoms with E-state index < -0.39 is 43.9 Å². The number of carbonyl (C=O) groups excluding carboxylic acids is 1. The van der Waals surface area contributed by atoms with E-state index in [1.807, 2.05) is 4.57 Å². The number of rotatable bonds is 9. The molecule has 1 saturated carbocycles. The number of nitrogens with zero attached hydrogens (tertiary/aromatic N) is 2. The first-order chi connectivity index (χ1) is 19.5. The van der Waals surface area contributed by atoms with E-state index in [0.717, 1.165) is 44.2 Å². The van der Waals surface area contributed by atoms with Crippen LogP contribution in [0.3, 0.4) is 0 Å². The molecule has 0 atom stereocenters. The summed E-state index contributed by atoms with van der Waals surface area (Å²) in [4.78, 5) is 25.9. The largest absolute Gasteiger partial charge is 0.438 e. The fourth-order valence-electron chi connectivity index (χ4n) is 5.34. The topological polar surface area (TPSA) is 139 Å². The van der Waals surface area contributed by atoms with E-state index in [1.165, 1.54) is 6.07 Å². The third kappa shape index (κ3) is 7.51. The highest BCUT2D eigenvalue weighted by atomic mass is 32.2. The fourth-order valence-corrected chi connectivity index (χ4v) is 6.97. The summed E-state index contributed by atoms with van der Waals surface area (Å²) < 4.78 is 77.3. The molecule has 0 bridgehead atoms. The maximum Gasteiger partial charge on any atom is 0.438 e. The molecule has 0 radical (unpaired) electrons. The lowest BCUT2D eigenvalue weighted by Crippen LogP contribution is -2.41. The zero-order valence-corrected chi connectivity index (χ0v) is 24.8. The lowest BCUT2D eigenvalue weighted by Gasteiger charge is -2.25. The lowest BCUT2D eigenvalue weighted by atomic mass is 9.89. The van der Waals surface area contributed by atoms with Crippen LogP contribution in [0.4, 0.5) is 13.2 Å². The summed E-state index contributed by atoms with van der Waals surface area (Å²) in [7, 11) is -4.49. The van der Waals surface area contributed by atoms with E-state index in [1.54, 1.807) is 33.8 Å². The molecule has 1 fully saturated rings. The maximum absolute atomic E-state index is 14.3. The van der Waals surface area contributed by atoms with Gasteiger partial charge in [-0.15, -0.1) is 0 Å². The Balaban J connectivity index is 1.74. The lowest BCUT2D eigenvalue weighted by molar-refractivity contribution is -0.139. The third-order valence-corrected chi connectivity index (χ3v) is 9.04. The molecule has 0 aliphatic heterocycles. The summed E-state index contributed by atoms with van der Waals surface area (Å²) in [5.41, 5.74) is -0.862. The molecule has 230 valence electrons. The van der Waals surface area contributed by atoms with Crippen LogP contribution in [0.15, 0.2) is 38.5 Å². The smallest absolute Gasteiger partial charge is 0.352 e. The molecule has 1 aliphatic carbocycles. The van der Waals surface area contributed by atoms with E-state index in [4.69, 9.17) is 0 Å². The number of sulfonamides is 1. The molecule has 42 heavy (non-hydrogen) atoms. The van der Waals surface area contributed by atoms with Crippen molar-refractivity contribution in [3.8, 4) is 11.3 Å². The van der Waals surface area contributed by atoms with Gasteiger partial charge in [0, 0.05) is 36.4 Å². The van der Waals surface area contributed by atoms with Gasteiger partial charge in [0.2, 0.25) is 10.0 Å². The van der Waals surface area contributed by atoms with Crippen LogP contribution in [0.5, 0.6) is 0 Å². The highest BCUT2D eigenvalue weighted by Gasteiger charge is 2.39. The van der Waals surface area contributed by atoms with Crippen molar-refractivity contribution in [3.05, 3.63) is 57.5 Å². The molecular formula is C28H36F3N5O5S. The van der Waals surface area contributed by atoms with Gasteiger partial charge in [-0.1, -0.05) is 30.5 Å². The number of carbonyl (C=O) groups is 1. The molecule has 3 aromatic rings. The van der Waals surface area contributed by atoms with E-state index in [-0.39, 0.29) is 29.9 Å². The number of alkyl halides is 3. The highest BCUT2D eigenvalue weighted by Crippen LogP contribution is 2.39. The number of hydrogen-bond donors (Lipinski definition) is 3. The molecule has 14 heteroatoms. The third-order valence-electron chi connectivity index (χ3n) is 7.22. The van der Waals surface area contributed by atoms with Crippen LogP contribution in [0, 0.1) is 12.8 Å². The second-order valence-electron chi connectivity index (χ2n) is 11.8. The highest BCUT2D eigenvalue weighted by molar-refractivity contribution is 7.89. The zero-order valence-electron chi connectivity index (χ0n) is 24.0. The van der Waals surface area contributed by atoms with Crippen LogP contribution in [-0.2, 0) is 29.2 Å². The van der Waals surface area contributed by atoms with E-state index in [0.29, 0.717) is 23.9 Å². The zero-order chi connectivity index (χ0) is 30.9. The van der Waals surface area contributed by atoms with Gasteiger partial charge in [0.15, 0.2) is 5.82 Å². The molecule has 0 unspecified atom stereocenters. The van der Waals surface area contributed by atoms with Crippen LogP contribution in [0.1, 0.15) is 80.3 Å². The Morgan fingerprint density at radius 2 is 1.83 bits per heavy atom. The molecule has 1 aliphatic rings. The van der Waals surface area contributed by atoms with E-state index in [2.05, 4.69) is 24.7 Å². The number of aromatic nitrogens is 3. The number of hydrogen-bond acceptors (Lipinski definition) is 6. The van der Waals surface area contributed by atoms with Gasteiger partial charge in [-0.2, -0.15) is 13.2 Å². The van der Waals surface area contributed by atoms with E-state index >= 15 is 0 Å². The van der Waals surface area contributed by atoms with Crippen molar-refractivity contribution in [3.63, 3.8) is 0 Å². The normalized spacial score (nSPS) is 15.2. The molecule has 0 saturated heterocycles. The van der Waals surface area contributed by atoms with E-state index in [9.17, 15) is 31.2 Å². The molecule has 0 spiro atoms. The molecule has 1 aromatic carbocycles. The Bertz CT molecular complexity index is 1590. The number of aromatic amines is 1. The van der Waals surface area contributed by atoms with Crippen LogP contribution < -0.4 is 15.8 Å². The number of H-pyrrole nitrogens is 1. The van der Waals surface area contributed by atoms with Gasteiger partial charge >= 0.3 is 11.9 Å².